The van der Waals surface area contributed by atoms with Gasteiger partial charge in [0, 0.05) is 47.0 Å². The molecule has 0 amide bonds. The van der Waals surface area contributed by atoms with Crippen molar-refractivity contribution in [3.63, 3.8) is 0 Å². The Morgan fingerprint density at radius 3 is 3.00 bits per heavy atom. The lowest BCUT2D eigenvalue weighted by Gasteiger charge is -2.09. The van der Waals surface area contributed by atoms with Crippen molar-refractivity contribution in [2.75, 3.05) is 24.8 Å². The molecule has 3 rings (SSSR count). The molecule has 0 spiro atoms. The molecule has 1 atom stereocenters. The summed E-state index contributed by atoms with van der Waals surface area (Å²) in [6.45, 7) is 1.23. The van der Waals surface area contributed by atoms with Crippen molar-refractivity contribution in [3.8, 4) is 0 Å². The Balaban J connectivity index is 1.64. The van der Waals surface area contributed by atoms with Gasteiger partial charge in [0.15, 0.2) is 0 Å². The van der Waals surface area contributed by atoms with Gasteiger partial charge in [0.2, 0.25) is 0 Å². The Morgan fingerprint density at radius 2 is 2.12 bits per heavy atom. The normalized spacial score (nSPS) is 12.4. The first kappa shape index (κ1) is 16.7. The number of H-pyrrole nitrogens is 1. The molecule has 0 bridgehead atoms. The Bertz CT molecular complexity index is 832. The minimum absolute atomic E-state index is 0.527. The van der Waals surface area contributed by atoms with Gasteiger partial charge in [0.05, 0.1) is 18.3 Å². The third-order valence-corrected chi connectivity index (χ3v) is 5.09. The highest BCUT2D eigenvalue weighted by Crippen LogP contribution is 2.18. The maximum atomic E-state index is 12.0. The predicted molar refractivity (Wildman–Crippen MR) is 98.5 cm³/mol. The van der Waals surface area contributed by atoms with E-state index in [1.54, 1.807) is 7.11 Å². The van der Waals surface area contributed by atoms with Crippen LogP contribution in [0.1, 0.15) is 11.1 Å². The SMILES string of the molecule is COCC[S@](=O)Cc1cccc(NCc2cccc3cn[nH]c23)c1. The third-order valence-electron chi connectivity index (χ3n) is 3.82. The summed E-state index contributed by atoms with van der Waals surface area (Å²) in [5.74, 6) is 1.12. The van der Waals surface area contributed by atoms with Crippen LogP contribution in [-0.4, -0.2) is 33.9 Å². The van der Waals surface area contributed by atoms with Crippen LogP contribution in [-0.2, 0) is 27.8 Å². The zero-order valence-electron chi connectivity index (χ0n) is 13.6. The van der Waals surface area contributed by atoms with E-state index in [1.165, 1.54) is 5.56 Å². The van der Waals surface area contributed by atoms with E-state index in [2.05, 4.69) is 27.6 Å². The molecule has 0 aliphatic heterocycles. The summed E-state index contributed by atoms with van der Waals surface area (Å²) in [6, 6.07) is 14.2. The number of fused-ring (bicyclic) bond motifs is 1. The molecule has 0 radical (unpaired) electrons. The van der Waals surface area contributed by atoms with Crippen molar-refractivity contribution in [1.29, 1.82) is 0 Å². The van der Waals surface area contributed by atoms with Gasteiger partial charge in [-0.25, -0.2) is 0 Å². The van der Waals surface area contributed by atoms with Crippen LogP contribution < -0.4 is 5.32 Å². The van der Waals surface area contributed by atoms with Gasteiger partial charge < -0.3 is 10.1 Å². The lowest BCUT2D eigenvalue weighted by Crippen LogP contribution is -2.07. The molecule has 2 N–H and O–H groups in total. The molecule has 1 aromatic heterocycles. The molecule has 5 nitrogen and oxygen atoms in total. The van der Waals surface area contributed by atoms with Crippen LogP contribution >= 0.6 is 0 Å². The van der Waals surface area contributed by atoms with Gasteiger partial charge in [-0.05, 0) is 23.3 Å². The molecule has 0 aliphatic rings. The number of nitrogens with zero attached hydrogens (tertiary/aromatic N) is 1. The average molecular weight is 343 g/mol. The first-order valence-corrected chi connectivity index (χ1v) is 9.33. The van der Waals surface area contributed by atoms with Crippen LogP contribution in [0.3, 0.4) is 0 Å². The van der Waals surface area contributed by atoms with E-state index in [0.717, 1.165) is 22.2 Å². The van der Waals surface area contributed by atoms with E-state index in [-0.39, 0.29) is 0 Å². The number of hydrogen-bond acceptors (Lipinski definition) is 4. The Morgan fingerprint density at radius 1 is 1.25 bits per heavy atom. The second-order valence-corrected chi connectivity index (χ2v) is 7.16. The summed E-state index contributed by atoms with van der Waals surface area (Å²) in [5, 5.41) is 11.7. The third kappa shape index (κ3) is 4.21. The number of aromatic nitrogens is 2. The molecule has 0 fully saturated rings. The zero-order chi connectivity index (χ0) is 16.8. The fourth-order valence-electron chi connectivity index (χ4n) is 2.58. The largest absolute Gasteiger partial charge is 0.384 e. The summed E-state index contributed by atoms with van der Waals surface area (Å²) in [7, 11) is 0.729. The number of aromatic amines is 1. The highest BCUT2D eigenvalue weighted by Gasteiger charge is 2.05. The number of benzene rings is 2. The van der Waals surface area contributed by atoms with Crippen LogP contribution in [0.2, 0.25) is 0 Å². The number of rotatable bonds is 8. The van der Waals surface area contributed by atoms with Gasteiger partial charge in [-0.3, -0.25) is 9.31 Å². The predicted octanol–water partition coefficient (Wildman–Crippen LogP) is 3.07. The van der Waals surface area contributed by atoms with Gasteiger partial charge in [-0.15, -0.1) is 0 Å². The molecule has 6 heteroatoms. The molecule has 0 saturated heterocycles. The van der Waals surface area contributed by atoms with Crippen LogP contribution in [0.5, 0.6) is 0 Å². The Kier molecular flexibility index (Phi) is 5.61. The van der Waals surface area contributed by atoms with E-state index in [9.17, 15) is 4.21 Å². The molecule has 126 valence electrons. The van der Waals surface area contributed by atoms with Crippen molar-refractivity contribution in [2.45, 2.75) is 12.3 Å². The monoisotopic (exact) mass is 343 g/mol. The van der Waals surface area contributed by atoms with E-state index < -0.39 is 10.8 Å². The second kappa shape index (κ2) is 8.08. The van der Waals surface area contributed by atoms with E-state index in [4.69, 9.17) is 4.74 Å². The van der Waals surface area contributed by atoms with E-state index in [0.29, 0.717) is 24.7 Å². The van der Waals surface area contributed by atoms with Crippen molar-refractivity contribution >= 4 is 27.4 Å². The first-order chi connectivity index (χ1) is 11.8. The fraction of sp³-hybridized carbons (Fsp3) is 0.278. The van der Waals surface area contributed by atoms with Crippen molar-refractivity contribution < 1.29 is 8.95 Å². The Labute approximate surface area is 143 Å². The van der Waals surface area contributed by atoms with Crippen molar-refractivity contribution in [2.24, 2.45) is 0 Å². The van der Waals surface area contributed by atoms with Gasteiger partial charge in [-0.1, -0.05) is 30.3 Å². The van der Waals surface area contributed by atoms with Crippen LogP contribution in [0.25, 0.3) is 10.9 Å². The highest BCUT2D eigenvalue weighted by atomic mass is 32.2. The molecule has 0 aliphatic carbocycles. The molecule has 3 aromatic rings. The minimum atomic E-state index is -0.898. The summed E-state index contributed by atoms with van der Waals surface area (Å²) >= 11 is 0. The number of nitrogens with one attached hydrogen (secondary N) is 2. The summed E-state index contributed by atoms with van der Waals surface area (Å²) in [6.07, 6.45) is 1.83. The van der Waals surface area contributed by atoms with Crippen molar-refractivity contribution in [1.82, 2.24) is 10.2 Å². The maximum absolute atomic E-state index is 12.0. The van der Waals surface area contributed by atoms with Gasteiger partial charge in [0.1, 0.15) is 0 Å². The first-order valence-electron chi connectivity index (χ1n) is 7.84. The summed E-state index contributed by atoms with van der Waals surface area (Å²) in [4.78, 5) is 0. The lowest BCUT2D eigenvalue weighted by atomic mass is 10.1. The number of para-hydroxylation sites is 1. The van der Waals surface area contributed by atoms with Gasteiger partial charge in [-0.2, -0.15) is 5.10 Å². The van der Waals surface area contributed by atoms with Gasteiger partial charge in [0.25, 0.3) is 0 Å². The van der Waals surface area contributed by atoms with Crippen molar-refractivity contribution in [3.05, 3.63) is 59.8 Å². The van der Waals surface area contributed by atoms with Gasteiger partial charge >= 0.3 is 0 Å². The van der Waals surface area contributed by atoms with Crippen LogP contribution in [0.15, 0.2) is 48.7 Å². The number of hydrogen-bond donors (Lipinski definition) is 2. The standard InChI is InChI=1S/C18H21N3O2S/c1-23-8-9-24(22)13-14-4-2-7-17(10-14)19-11-15-5-3-6-16-12-20-21-18(15)16/h2-7,10,12,19H,8-9,11,13H2,1H3,(H,20,21)/t24-/m0/s1. The quantitative estimate of drug-likeness (QED) is 0.660. The molecule has 1 heterocycles. The minimum Gasteiger partial charge on any atom is -0.384 e. The van der Waals surface area contributed by atoms with Crippen LogP contribution in [0.4, 0.5) is 5.69 Å². The number of anilines is 1. The summed E-state index contributed by atoms with van der Waals surface area (Å²) < 4.78 is 17.0. The Hall–Kier alpha value is -2.18. The number of ether oxygens (including phenoxy) is 1. The zero-order valence-corrected chi connectivity index (χ0v) is 14.4. The smallest absolute Gasteiger partial charge is 0.0700 e. The molecule has 24 heavy (non-hydrogen) atoms. The second-order valence-electron chi connectivity index (χ2n) is 5.59. The maximum Gasteiger partial charge on any atom is 0.0700 e. The summed E-state index contributed by atoms with van der Waals surface area (Å²) in [5.41, 5.74) is 4.31. The molecular weight excluding hydrogens is 322 g/mol. The van der Waals surface area contributed by atoms with Crippen LogP contribution in [0, 0.1) is 0 Å². The lowest BCUT2D eigenvalue weighted by molar-refractivity contribution is 0.218. The highest BCUT2D eigenvalue weighted by molar-refractivity contribution is 7.84. The molecular formula is C18H21N3O2S. The topological polar surface area (TPSA) is 67.0 Å². The average Bonchev–Trinajstić information content (AvgIpc) is 3.08. The molecule has 0 unspecified atom stereocenters. The molecule has 2 aromatic carbocycles. The van der Waals surface area contributed by atoms with E-state index >= 15 is 0 Å². The number of methoxy groups -OCH3 is 1. The fourth-order valence-corrected chi connectivity index (χ4v) is 3.63. The van der Waals surface area contributed by atoms with E-state index in [1.807, 2.05) is 36.5 Å². The molecule has 0 saturated carbocycles.